The van der Waals surface area contributed by atoms with Crippen molar-refractivity contribution in [3.8, 4) is 0 Å². The summed E-state index contributed by atoms with van der Waals surface area (Å²) in [5.74, 6) is 1.20. The van der Waals surface area contributed by atoms with Gasteiger partial charge in [0.25, 0.3) is 5.91 Å². The number of anilines is 3. The van der Waals surface area contributed by atoms with Crippen molar-refractivity contribution in [2.24, 2.45) is 5.73 Å². The highest BCUT2D eigenvalue weighted by Gasteiger charge is 2.16. The summed E-state index contributed by atoms with van der Waals surface area (Å²) in [4.78, 5) is 27.8. The van der Waals surface area contributed by atoms with E-state index in [4.69, 9.17) is 25.1 Å². The lowest BCUT2D eigenvalue weighted by molar-refractivity contribution is 0.0511. The zero-order valence-corrected chi connectivity index (χ0v) is 20.4. The third-order valence-corrected chi connectivity index (χ3v) is 5.15. The molecule has 1 aliphatic rings. The lowest BCUT2D eigenvalue weighted by Crippen LogP contribution is -2.37. The van der Waals surface area contributed by atoms with Crippen LogP contribution in [0.2, 0.25) is 0 Å². The molecule has 0 atom stereocenters. The van der Waals surface area contributed by atoms with E-state index < -0.39 is 0 Å². The van der Waals surface area contributed by atoms with Gasteiger partial charge >= 0.3 is 0 Å². The SMILES string of the molecule is NCCOCCOCCNC(=O)c1ccc(CNc2nc(NCCO)nc(N3CCOCC3)n2)cc1. The van der Waals surface area contributed by atoms with E-state index >= 15 is 0 Å². The van der Waals surface area contributed by atoms with Crippen molar-refractivity contribution in [3.63, 3.8) is 0 Å². The lowest BCUT2D eigenvalue weighted by atomic mass is 10.1. The number of aliphatic hydroxyl groups is 1. The summed E-state index contributed by atoms with van der Waals surface area (Å²) in [5.41, 5.74) is 6.87. The van der Waals surface area contributed by atoms with Crippen molar-refractivity contribution in [3.05, 3.63) is 35.4 Å². The minimum atomic E-state index is -0.162. The van der Waals surface area contributed by atoms with E-state index in [0.29, 0.717) is 102 Å². The Morgan fingerprint density at radius 1 is 0.972 bits per heavy atom. The summed E-state index contributed by atoms with van der Waals surface area (Å²) in [6.07, 6.45) is 0. The van der Waals surface area contributed by atoms with Crippen LogP contribution in [-0.4, -0.2) is 105 Å². The fourth-order valence-corrected chi connectivity index (χ4v) is 3.29. The van der Waals surface area contributed by atoms with Gasteiger partial charge in [-0.1, -0.05) is 12.1 Å². The summed E-state index contributed by atoms with van der Waals surface area (Å²) in [6, 6.07) is 7.30. The van der Waals surface area contributed by atoms with Crippen molar-refractivity contribution < 1.29 is 24.1 Å². The number of aliphatic hydroxyl groups excluding tert-OH is 1. The molecule has 0 spiro atoms. The average molecular weight is 505 g/mol. The van der Waals surface area contributed by atoms with Crippen LogP contribution >= 0.6 is 0 Å². The second-order valence-electron chi connectivity index (χ2n) is 7.85. The van der Waals surface area contributed by atoms with E-state index in [1.807, 2.05) is 17.0 Å². The third-order valence-electron chi connectivity index (χ3n) is 5.15. The minimum absolute atomic E-state index is 0.0293. The molecule has 6 N–H and O–H groups in total. The maximum Gasteiger partial charge on any atom is 0.251 e. The molecule has 0 saturated carbocycles. The number of nitrogens with two attached hydrogens (primary N) is 1. The van der Waals surface area contributed by atoms with Crippen LogP contribution in [0.15, 0.2) is 24.3 Å². The molecular weight excluding hydrogens is 468 g/mol. The molecule has 1 saturated heterocycles. The Labute approximate surface area is 210 Å². The summed E-state index contributed by atoms with van der Waals surface area (Å²) >= 11 is 0. The van der Waals surface area contributed by atoms with Crippen molar-refractivity contribution in [2.45, 2.75) is 6.54 Å². The van der Waals surface area contributed by atoms with Gasteiger partial charge in [0.1, 0.15) is 0 Å². The number of rotatable bonds is 16. The lowest BCUT2D eigenvalue weighted by Gasteiger charge is -2.27. The molecule has 0 unspecified atom stereocenters. The van der Waals surface area contributed by atoms with Crippen molar-refractivity contribution >= 4 is 23.8 Å². The average Bonchev–Trinajstić information content (AvgIpc) is 2.92. The first kappa shape index (κ1) is 27.5. The number of hydrogen-bond acceptors (Lipinski definition) is 12. The Kier molecular flexibility index (Phi) is 12.1. The molecule has 0 radical (unpaired) electrons. The molecule has 36 heavy (non-hydrogen) atoms. The van der Waals surface area contributed by atoms with Gasteiger partial charge in [-0.05, 0) is 17.7 Å². The Balaban J connectivity index is 1.47. The number of carbonyl (C=O) groups is 1. The molecule has 1 aromatic carbocycles. The van der Waals surface area contributed by atoms with Crippen LogP contribution < -0.4 is 26.6 Å². The molecule has 13 heteroatoms. The Hall–Kier alpha value is -3.10. The van der Waals surface area contributed by atoms with E-state index in [-0.39, 0.29) is 12.5 Å². The number of ether oxygens (including phenoxy) is 3. The van der Waals surface area contributed by atoms with Crippen LogP contribution in [0, 0.1) is 0 Å². The molecular formula is C23H36N8O5. The first-order valence-electron chi connectivity index (χ1n) is 12.1. The monoisotopic (exact) mass is 504 g/mol. The zero-order valence-electron chi connectivity index (χ0n) is 20.4. The highest BCUT2D eigenvalue weighted by molar-refractivity contribution is 5.94. The van der Waals surface area contributed by atoms with Crippen molar-refractivity contribution in [1.82, 2.24) is 20.3 Å². The van der Waals surface area contributed by atoms with E-state index in [2.05, 4.69) is 30.9 Å². The van der Waals surface area contributed by atoms with Crippen molar-refractivity contribution in [1.29, 1.82) is 0 Å². The molecule has 2 aromatic rings. The predicted molar refractivity (Wildman–Crippen MR) is 135 cm³/mol. The van der Waals surface area contributed by atoms with Gasteiger partial charge in [0.2, 0.25) is 17.8 Å². The third kappa shape index (κ3) is 9.51. The highest BCUT2D eigenvalue weighted by atomic mass is 16.5. The van der Waals surface area contributed by atoms with E-state index in [0.717, 1.165) is 5.56 Å². The molecule has 3 rings (SSSR count). The van der Waals surface area contributed by atoms with Crippen molar-refractivity contribution in [2.75, 3.05) is 94.5 Å². The Morgan fingerprint density at radius 3 is 2.36 bits per heavy atom. The van der Waals surface area contributed by atoms with Gasteiger partial charge < -0.3 is 45.9 Å². The van der Waals surface area contributed by atoms with Gasteiger partial charge in [-0.3, -0.25) is 4.79 Å². The van der Waals surface area contributed by atoms with Gasteiger partial charge in [0, 0.05) is 44.8 Å². The Bertz CT molecular complexity index is 912. The van der Waals surface area contributed by atoms with Crippen LogP contribution in [0.5, 0.6) is 0 Å². The van der Waals surface area contributed by atoms with Gasteiger partial charge in [-0.2, -0.15) is 15.0 Å². The summed E-state index contributed by atoms with van der Waals surface area (Å²) in [5, 5.41) is 18.2. The summed E-state index contributed by atoms with van der Waals surface area (Å²) in [7, 11) is 0. The number of morpholine rings is 1. The molecule has 198 valence electrons. The molecule has 1 aromatic heterocycles. The molecule has 1 fully saturated rings. The maximum absolute atomic E-state index is 12.3. The topological polar surface area (TPSA) is 169 Å². The van der Waals surface area contributed by atoms with E-state index in [9.17, 15) is 4.79 Å². The van der Waals surface area contributed by atoms with Crippen LogP contribution in [0.25, 0.3) is 0 Å². The predicted octanol–water partition coefficient (Wildman–Crippen LogP) is -0.554. The fourth-order valence-electron chi connectivity index (χ4n) is 3.29. The number of amides is 1. The van der Waals surface area contributed by atoms with Gasteiger partial charge in [0.15, 0.2) is 0 Å². The van der Waals surface area contributed by atoms with Crippen LogP contribution in [0.4, 0.5) is 17.8 Å². The van der Waals surface area contributed by atoms with Crippen LogP contribution in [0.3, 0.4) is 0 Å². The molecule has 0 aliphatic carbocycles. The van der Waals surface area contributed by atoms with Crippen LogP contribution in [-0.2, 0) is 20.8 Å². The summed E-state index contributed by atoms with van der Waals surface area (Å²) in [6.45, 7) is 6.17. The molecule has 0 bridgehead atoms. The standard InChI is InChI=1S/C23H36N8O5/c24-5-11-34-15-16-35-12-7-25-20(33)19-3-1-18(2-4-19)17-27-22-28-21(26-6-10-32)29-23(30-22)31-8-13-36-14-9-31/h1-4,32H,5-17,24H2,(H,25,33)(H2,26,27,28,29,30). The van der Waals surface area contributed by atoms with Gasteiger partial charge in [0.05, 0.1) is 46.2 Å². The smallest absolute Gasteiger partial charge is 0.251 e. The number of nitrogens with one attached hydrogen (secondary N) is 3. The van der Waals surface area contributed by atoms with E-state index in [1.54, 1.807) is 12.1 Å². The normalized spacial score (nSPS) is 13.4. The second-order valence-corrected chi connectivity index (χ2v) is 7.85. The van der Waals surface area contributed by atoms with Gasteiger partial charge in [-0.25, -0.2) is 0 Å². The van der Waals surface area contributed by atoms with Gasteiger partial charge in [-0.15, -0.1) is 0 Å². The molecule has 2 heterocycles. The van der Waals surface area contributed by atoms with Crippen LogP contribution in [0.1, 0.15) is 15.9 Å². The Morgan fingerprint density at radius 2 is 1.67 bits per heavy atom. The maximum atomic E-state index is 12.3. The minimum Gasteiger partial charge on any atom is -0.395 e. The number of nitrogens with zero attached hydrogens (tertiary/aromatic N) is 4. The fraction of sp³-hybridized carbons (Fsp3) is 0.565. The first-order chi connectivity index (χ1) is 17.7. The quantitative estimate of drug-likeness (QED) is 0.185. The summed E-state index contributed by atoms with van der Waals surface area (Å²) < 4.78 is 16.0. The zero-order chi connectivity index (χ0) is 25.4. The first-order valence-corrected chi connectivity index (χ1v) is 12.1. The molecule has 13 nitrogen and oxygen atoms in total. The number of hydrogen-bond donors (Lipinski definition) is 5. The molecule has 1 aliphatic heterocycles. The highest BCUT2D eigenvalue weighted by Crippen LogP contribution is 2.16. The number of carbonyl (C=O) groups excluding carboxylic acids is 1. The number of aromatic nitrogens is 3. The van der Waals surface area contributed by atoms with E-state index in [1.165, 1.54) is 0 Å². The second kappa shape index (κ2) is 15.8. The molecule has 1 amide bonds. The largest absolute Gasteiger partial charge is 0.395 e. The number of benzene rings is 1.